The first-order valence-corrected chi connectivity index (χ1v) is 42.5. The number of esters is 4. The zero-order valence-corrected chi connectivity index (χ0v) is 63.8. The number of carbonyl (C=O) groups is 4. The lowest BCUT2D eigenvalue weighted by atomic mass is 10.0. The fourth-order valence-corrected chi connectivity index (χ4v) is 13.2. The molecular weight excluding hydrogens is 1250 g/mol. The van der Waals surface area contributed by atoms with Crippen LogP contribution in [0.25, 0.3) is 0 Å². The molecule has 0 saturated carbocycles. The summed E-state index contributed by atoms with van der Waals surface area (Å²) < 4.78 is 68.5. The number of hydrogen-bond donors (Lipinski definition) is 3. The quantitative estimate of drug-likeness (QED) is 0.0222. The predicted molar refractivity (Wildman–Crippen MR) is 386 cm³/mol. The highest BCUT2D eigenvalue weighted by Gasteiger charge is 2.30. The van der Waals surface area contributed by atoms with E-state index in [9.17, 15) is 43.2 Å². The second kappa shape index (κ2) is 67.9. The molecule has 0 aliphatic carbocycles. The van der Waals surface area contributed by atoms with Crippen molar-refractivity contribution < 1.29 is 80.2 Å². The fourth-order valence-electron chi connectivity index (χ4n) is 11.7. The van der Waals surface area contributed by atoms with Gasteiger partial charge in [0, 0.05) is 25.7 Å². The predicted octanol–water partition coefficient (Wildman–Crippen LogP) is 22.3. The number of hydrogen-bond acceptors (Lipinski definition) is 15. The van der Waals surface area contributed by atoms with Crippen molar-refractivity contribution >= 4 is 39.5 Å². The third kappa shape index (κ3) is 70.3. The Labute approximate surface area is 581 Å². The Balaban J connectivity index is 5.24. The molecule has 564 valence electrons. The summed E-state index contributed by atoms with van der Waals surface area (Å²) in [6, 6.07) is 0. The van der Waals surface area contributed by atoms with Crippen molar-refractivity contribution in [3.05, 3.63) is 0 Å². The average molecular weight is 1400 g/mol. The van der Waals surface area contributed by atoms with E-state index in [0.29, 0.717) is 25.7 Å². The van der Waals surface area contributed by atoms with Crippen LogP contribution in [0, 0.1) is 11.8 Å². The Morgan fingerprint density at radius 2 is 0.484 bits per heavy atom. The third-order valence-corrected chi connectivity index (χ3v) is 19.6. The molecule has 0 aliphatic rings. The summed E-state index contributed by atoms with van der Waals surface area (Å²) in [7, 11) is -9.91. The summed E-state index contributed by atoms with van der Waals surface area (Å²) in [4.78, 5) is 72.8. The van der Waals surface area contributed by atoms with Gasteiger partial charge in [-0.1, -0.05) is 343 Å². The van der Waals surface area contributed by atoms with Crippen molar-refractivity contribution in [1.29, 1.82) is 0 Å². The van der Waals surface area contributed by atoms with E-state index in [1.165, 1.54) is 212 Å². The number of carbonyl (C=O) groups excluding carboxylic acids is 4. The topological polar surface area (TPSA) is 237 Å². The first kappa shape index (κ1) is 93.1. The first-order valence-electron chi connectivity index (χ1n) is 39.5. The largest absolute Gasteiger partial charge is 0.472 e. The van der Waals surface area contributed by atoms with Crippen molar-refractivity contribution in [2.24, 2.45) is 11.8 Å². The van der Waals surface area contributed by atoms with Crippen LogP contribution in [0.1, 0.15) is 395 Å². The molecule has 2 unspecified atom stereocenters. The lowest BCUT2D eigenvalue weighted by molar-refractivity contribution is -0.161. The standard InChI is InChI=1S/C76H148O17P2/c1-7-9-11-13-15-17-19-21-22-23-24-25-27-29-35-43-49-55-61-76(81)92-71(64-86-73(78)58-52-46-40-33-31-30-32-38-44-50-56-68(3)4)66-90-94(82,83)88-62-70(77)63-89-95(84,85)91-67-72(65-87-74(79)59-53-47-41-37-36-39-45-51-57-69(5)6)93-75(80)60-54-48-42-34-28-26-20-18-16-14-12-10-8-2/h68-72,77H,7-67H2,1-6H3,(H,82,83)(H,84,85)/t70-,71-,72-/m1/s1. The molecule has 0 heterocycles. The molecule has 19 heteroatoms. The summed E-state index contributed by atoms with van der Waals surface area (Å²) in [5.41, 5.74) is 0. The van der Waals surface area contributed by atoms with Gasteiger partial charge in [-0.2, -0.15) is 0 Å². The molecule has 0 saturated heterocycles. The van der Waals surface area contributed by atoms with Crippen molar-refractivity contribution in [2.75, 3.05) is 39.6 Å². The molecular formula is C76H148O17P2. The van der Waals surface area contributed by atoms with Crippen molar-refractivity contribution in [2.45, 2.75) is 413 Å². The summed E-state index contributed by atoms with van der Waals surface area (Å²) in [6.45, 7) is 9.56. The molecule has 0 fully saturated rings. The van der Waals surface area contributed by atoms with Crippen LogP contribution in [0.2, 0.25) is 0 Å². The number of aliphatic hydroxyl groups is 1. The number of unbranched alkanes of at least 4 members (excludes halogenated alkanes) is 45. The molecule has 0 aliphatic heterocycles. The minimum absolute atomic E-state index is 0.107. The smallest absolute Gasteiger partial charge is 0.462 e. The van der Waals surface area contributed by atoms with Gasteiger partial charge >= 0.3 is 39.5 Å². The minimum atomic E-state index is -4.96. The highest BCUT2D eigenvalue weighted by atomic mass is 31.2. The van der Waals surface area contributed by atoms with E-state index in [4.69, 9.17) is 37.0 Å². The van der Waals surface area contributed by atoms with Crippen LogP contribution in [-0.4, -0.2) is 96.7 Å². The highest BCUT2D eigenvalue weighted by molar-refractivity contribution is 7.47. The van der Waals surface area contributed by atoms with Crippen LogP contribution in [-0.2, 0) is 65.4 Å². The van der Waals surface area contributed by atoms with E-state index in [1.807, 2.05) is 0 Å². The van der Waals surface area contributed by atoms with Crippen LogP contribution >= 0.6 is 15.6 Å². The van der Waals surface area contributed by atoms with Crippen molar-refractivity contribution in [3.63, 3.8) is 0 Å². The van der Waals surface area contributed by atoms with E-state index in [0.717, 1.165) is 102 Å². The normalized spacial score (nSPS) is 14.0. The van der Waals surface area contributed by atoms with E-state index in [-0.39, 0.29) is 25.7 Å². The van der Waals surface area contributed by atoms with Crippen LogP contribution in [0.4, 0.5) is 0 Å². The van der Waals surface area contributed by atoms with Crippen molar-refractivity contribution in [1.82, 2.24) is 0 Å². The van der Waals surface area contributed by atoms with Crippen molar-refractivity contribution in [3.8, 4) is 0 Å². The Morgan fingerprint density at radius 1 is 0.284 bits per heavy atom. The molecule has 0 aromatic carbocycles. The number of phosphoric acid groups is 2. The number of aliphatic hydroxyl groups excluding tert-OH is 1. The van der Waals surface area contributed by atoms with Gasteiger partial charge < -0.3 is 33.8 Å². The second-order valence-corrected chi connectivity index (χ2v) is 31.3. The van der Waals surface area contributed by atoms with E-state index < -0.39 is 97.5 Å². The van der Waals surface area contributed by atoms with Gasteiger partial charge in [0.05, 0.1) is 26.4 Å². The molecule has 0 rings (SSSR count). The zero-order valence-electron chi connectivity index (χ0n) is 62.0. The fraction of sp³-hybridized carbons (Fsp3) is 0.947. The Kier molecular flexibility index (Phi) is 66.5. The zero-order chi connectivity index (χ0) is 70.0. The first-order chi connectivity index (χ1) is 45.9. The molecule has 0 amide bonds. The van der Waals surface area contributed by atoms with Crippen LogP contribution in [0.3, 0.4) is 0 Å². The van der Waals surface area contributed by atoms with E-state index in [2.05, 4.69) is 41.5 Å². The number of ether oxygens (including phenoxy) is 4. The minimum Gasteiger partial charge on any atom is -0.462 e. The number of rotatable bonds is 75. The van der Waals surface area contributed by atoms with Gasteiger partial charge in [0.2, 0.25) is 0 Å². The molecule has 3 N–H and O–H groups in total. The lowest BCUT2D eigenvalue weighted by Gasteiger charge is -2.21. The monoisotopic (exact) mass is 1400 g/mol. The molecule has 0 bridgehead atoms. The molecule has 0 aromatic rings. The second-order valence-electron chi connectivity index (χ2n) is 28.3. The SMILES string of the molecule is CCCCCCCCCCCCCCCCCCCCC(=O)O[C@H](COC(=O)CCCCCCCCCCCCC(C)C)COP(=O)(O)OC[C@@H](O)COP(=O)(O)OC[C@@H](COC(=O)CCCCCCCCCCC(C)C)OC(=O)CCCCCCCCCCCCCCC. The summed E-state index contributed by atoms with van der Waals surface area (Å²) in [5.74, 6) is -0.630. The van der Waals surface area contributed by atoms with Gasteiger partial charge in [0.25, 0.3) is 0 Å². The highest BCUT2D eigenvalue weighted by Crippen LogP contribution is 2.45. The summed E-state index contributed by atoms with van der Waals surface area (Å²) in [5, 5.41) is 10.6. The van der Waals surface area contributed by atoms with Gasteiger partial charge in [-0.3, -0.25) is 37.3 Å². The van der Waals surface area contributed by atoms with Gasteiger partial charge in [-0.05, 0) is 37.5 Å². The molecule has 17 nitrogen and oxygen atoms in total. The molecule has 0 spiro atoms. The molecule has 0 aromatic heterocycles. The average Bonchev–Trinajstić information content (AvgIpc) is 1.62. The van der Waals surface area contributed by atoms with Crippen LogP contribution < -0.4 is 0 Å². The maximum atomic E-state index is 13.1. The molecule has 95 heavy (non-hydrogen) atoms. The molecule has 0 radical (unpaired) electrons. The number of phosphoric ester groups is 2. The van der Waals surface area contributed by atoms with Crippen LogP contribution in [0.15, 0.2) is 0 Å². The Bertz CT molecular complexity index is 1840. The van der Waals surface area contributed by atoms with Crippen LogP contribution in [0.5, 0.6) is 0 Å². The van der Waals surface area contributed by atoms with E-state index >= 15 is 0 Å². The van der Waals surface area contributed by atoms with E-state index in [1.54, 1.807) is 0 Å². The molecule has 5 atom stereocenters. The summed E-state index contributed by atoms with van der Waals surface area (Å²) in [6.07, 6.45) is 55.5. The third-order valence-electron chi connectivity index (χ3n) is 17.7. The maximum Gasteiger partial charge on any atom is 0.472 e. The Hall–Kier alpha value is -1.94. The van der Waals surface area contributed by atoms with Gasteiger partial charge in [0.15, 0.2) is 12.2 Å². The maximum absolute atomic E-state index is 13.1. The van der Waals surface area contributed by atoms with Gasteiger partial charge in [0.1, 0.15) is 19.3 Å². The van der Waals surface area contributed by atoms with Gasteiger partial charge in [-0.25, -0.2) is 9.13 Å². The van der Waals surface area contributed by atoms with Gasteiger partial charge in [-0.15, -0.1) is 0 Å². The lowest BCUT2D eigenvalue weighted by Crippen LogP contribution is -2.30. The Morgan fingerprint density at radius 3 is 0.716 bits per heavy atom. The summed E-state index contributed by atoms with van der Waals surface area (Å²) >= 11 is 0.